The molecule has 5 heteroatoms. The Kier molecular flexibility index (Phi) is 6.71. The Bertz CT molecular complexity index is 847. The monoisotopic (exact) mass is 420 g/mol. The van der Waals surface area contributed by atoms with Crippen LogP contribution < -0.4 is 5.32 Å². The molecular formula is C26H32N2O3. The quantitative estimate of drug-likeness (QED) is 0.726. The number of carbonyl (C=O) groups is 2. The largest absolute Gasteiger partial charge is 0.464 e. The van der Waals surface area contributed by atoms with Gasteiger partial charge in [0.05, 0.1) is 12.5 Å². The second-order valence-corrected chi connectivity index (χ2v) is 8.61. The fourth-order valence-corrected chi connectivity index (χ4v) is 5.62. The molecule has 164 valence electrons. The minimum absolute atomic E-state index is 0.0121. The van der Waals surface area contributed by atoms with E-state index < -0.39 is 12.0 Å². The Morgan fingerprint density at radius 1 is 1.03 bits per heavy atom. The van der Waals surface area contributed by atoms with Crippen LogP contribution in [0.3, 0.4) is 0 Å². The molecule has 31 heavy (non-hydrogen) atoms. The molecule has 4 rings (SSSR count). The molecule has 0 aromatic heterocycles. The van der Waals surface area contributed by atoms with Gasteiger partial charge >= 0.3 is 5.97 Å². The van der Waals surface area contributed by atoms with Crippen LogP contribution in [0.2, 0.25) is 0 Å². The van der Waals surface area contributed by atoms with Gasteiger partial charge in [-0.15, -0.1) is 0 Å². The molecule has 1 N–H and O–H groups in total. The number of carbonyl (C=O) groups excluding carboxylic acids is 2. The van der Waals surface area contributed by atoms with E-state index in [1.165, 1.54) is 0 Å². The molecule has 4 atom stereocenters. The normalized spacial score (nSPS) is 25.3. The molecule has 2 aliphatic rings. The van der Waals surface area contributed by atoms with Crippen molar-refractivity contribution < 1.29 is 14.3 Å². The lowest BCUT2D eigenvalue weighted by Gasteiger charge is -2.51. The van der Waals surface area contributed by atoms with Crippen molar-refractivity contribution in [2.24, 2.45) is 11.8 Å². The number of likely N-dealkylation sites (tertiary alicyclic amines) is 1. The second-order valence-electron chi connectivity index (χ2n) is 8.61. The van der Waals surface area contributed by atoms with Crippen molar-refractivity contribution in [3.8, 4) is 0 Å². The van der Waals surface area contributed by atoms with Gasteiger partial charge in [0.2, 0.25) is 5.91 Å². The van der Waals surface area contributed by atoms with Gasteiger partial charge in [0, 0.05) is 18.5 Å². The third kappa shape index (κ3) is 4.24. The van der Waals surface area contributed by atoms with Gasteiger partial charge in [0.15, 0.2) is 0 Å². The summed E-state index contributed by atoms with van der Waals surface area (Å²) in [7, 11) is 1.96. The van der Waals surface area contributed by atoms with Crippen molar-refractivity contribution >= 4 is 11.9 Å². The number of amides is 1. The van der Waals surface area contributed by atoms with Crippen molar-refractivity contribution in [3.05, 3.63) is 71.8 Å². The van der Waals surface area contributed by atoms with Gasteiger partial charge in [0.25, 0.3) is 0 Å². The van der Waals surface area contributed by atoms with Crippen LogP contribution in [-0.4, -0.2) is 49.1 Å². The van der Waals surface area contributed by atoms with Crippen LogP contribution in [0.25, 0.3) is 0 Å². The number of fused-ring (bicyclic) bond motifs is 2. The molecule has 0 spiro atoms. The number of nitrogens with one attached hydrogen (secondary N) is 1. The molecule has 1 amide bonds. The van der Waals surface area contributed by atoms with E-state index in [2.05, 4.69) is 5.32 Å². The van der Waals surface area contributed by atoms with Crippen molar-refractivity contribution in [3.63, 3.8) is 0 Å². The summed E-state index contributed by atoms with van der Waals surface area (Å²) in [6.07, 6.45) is 3.09. The van der Waals surface area contributed by atoms with Gasteiger partial charge in [-0.3, -0.25) is 4.79 Å². The van der Waals surface area contributed by atoms with Crippen LogP contribution in [0.1, 0.15) is 43.2 Å². The van der Waals surface area contributed by atoms with Crippen LogP contribution in [-0.2, 0) is 14.3 Å². The minimum atomic E-state index is -0.545. The molecule has 1 aliphatic carbocycles. The fourth-order valence-electron chi connectivity index (χ4n) is 5.62. The molecular weight excluding hydrogens is 388 g/mol. The summed E-state index contributed by atoms with van der Waals surface area (Å²) < 4.78 is 5.48. The minimum Gasteiger partial charge on any atom is -0.464 e. The number of esters is 1. The Morgan fingerprint density at radius 3 is 2.19 bits per heavy atom. The third-order valence-corrected chi connectivity index (χ3v) is 6.91. The zero-order valence-corrected chi connectivity index (χ0v) is 18.4. The first-order valence-corrected chi connectivity index (χ1v) is 11.4. The van der Waals surface area contributed by atoms with Gasteiger partial charge in [-0.25, -0.2) is 4.79 Å². The van der Waals surface area contributed by atoms with Crippen LogP contribution >= 0.6 is 0 Å². The average Bonchev–Trinajstić information content (AvgIpc) is 2.80. The van der Waals surface area contributed by atoms with E-state index in [1.54, 1.807) is 0 Å². The summed E-state index contributed by atoms with van der Waals surface area (Å²) in [6, 6.07) is 19.4. The van der Waals surface area contributed by atoms with E-state index in [9.17, 15) is 9.59 Å². The highest BCUT2D eigenvalue weighted by molar-refractivity contribution is 5.91. The molecule has 2 fully saturated rings. The van der Waals surface area contributed by atoms with Gasteiger partial charge in [-0.2, -0.15) is 0 Å². The summed E-state index contributed by atoms with van der Waals surface area (Å²) in [5.41, 5.74) is 1.89. The number of nitrogens with zero attached hydrogens (tertiary/aromatic N) is 1. The first-order chi connectivity index (χ1) is 15.2. The SMILES string of the molecule is CCOC(=O)[C@@H]1[C@@H]2CCCC(CN1C(=O)C(c1ccccc1)c1ccccc1)C2NC. The lowest BCUT2D eigenvalue weighted by molar-refractivity contribution is -0.164. The molecule has 2 aromatic rings. The molecule has 2 aromatic carbocycles. The highest BCUT2D eigenvalue weighted by atomic mass is 16.5. The second kappa shape index (κ2) is 9.65. The van der Waals surface area contributed by atoms with E-state index in [0.29, 0.717) is 19.1 Å². The van der Waals surface area contributed by atoms with Crippen LogP contribution in [0.5, 0.6) is 0 Å². The molecule has 2 unspecified atom stereocenters. The lowest BCUT2D eigenvalue weighted by atomic mass is 9.69. The maximum atomic E-state index is 14.1. The standard InChI is InChI=1S/C26H32N2O3/c1-3-31-26(30)24-21-16-10-15-20(23(21)27-2)17-28(24)25(29)22(18-11-6-4-7-12-18)19-13-8-5-9-14-19/h4-9,11-14,20-24,27H,3,10,15-17H2,1-2H3/t20?,21-,23?,24+/m1/s1. The van der Waals surface area contributed by atoms with Gasteiger partial charge in [-0.05, 0) is 43.9 Å². The summed E-state index contributed by atoms with van der Waals surface area (Å²) in [5, 5.41) is 3.44. The first-order valence-electron chi connectivity index (χ1n) is 11.4. The highest BCUT2D eigenvalue weighted by Crippen LogP contribution is 2.41. The molecule has 0 radical (unpaired) electrons. The lowest BCUT2D eigenvalue weighted by Crippen LogP contribution is -2.65. The number of benzene rings is 2. The molecule has 1 saturated carbocycles. The average molecular weight is 421 g/mol. The van der Waals surface area contributed by atoms with E-state index in [-0.39, 0.29) is 23.8 Å². The van der Waals surface area contributed by atoms with Crippen molar-refractivity contribution in [1.82, 2.24) is 10.2 Å². The zero-order valence-electron chi connectivity index (χ0n) is 18.4. The van der Waals surface area contributed by atoms with Gasteiger partial charge in [0.1, 0.15) is 6.04 Å². The topological polar surface area (TPSA) is 58.6 Å². The summed E-state index contributed by atoms with van der Waals surface area (Å²) in [5.74, 6) is -0.298. The highest BCUT2D eigenvalue weighted by Gasteiger charge is 2.51. The zero-order chi connectivity index (χ0) is 21.8. The fraction of sp³-hybridized carbons (Fsp3) is 0.462. The van der Waals surface area contributed by atoms with Crippen molar-refractivity contribution in [1.29, 1.82) is 0 Å². The Balaban J connectivity index is 1.75. The number of ether oxygens (including phenoxy) is 1. The smallest absolute Gasteiger partial charge is 0.329 e. The Hall–Kier alpha value is -2.66. The maximum Gasteiger partial charge on any atom is 0.329 e. The molecule has 1 saturated heterocycles. The number of hydrogen-bond acceptors (Lipinski definition) is 4. The van der Waals surface area contributed by atoms with E-state index in [1.807, 2.05) is 79.5 Å². The van der Waals surface area contributed by atoms with Crippen LogP contribution in [0, 0.1) is 11.8 Å². The Morgan fingerprint density at radius 2 is 1.65 bits per heavy atom. The Labute approximate surface area is 184 Å². The van der Waals surface area contributed by atoms with Crippen molar-refractivity contribution in [2.75, 3.05) is 20.2 Å². The molecule has 5 nitrogen and oxygen atoms in total. The van der Waals surface area contributed by atoms with Crippen LogP contribution in [0.4, 0.5) is 0 Å². The predicted molar refractivity (Wildman–Crippen MR) is 121 cm³/mol. The summed E-state index contributed by atoms with van der Waals surface area (Å²) >= 11 is 0. The molecule has 2 bridgehead atoms. The third-order valence-electron chi connectivity index (χ3n) is 6.91. The van der Waals surface area contributed by atoms with E-state index in [0.717, 1.165) is 30.4 Å². The molecule has 1 aliphatic heterocycles. The number of rotatable bonds is 6. The van der Waals surface area contributed by atoms with E-state index >= 15 is 0 Å². The van der Waals surface area contributed by atoms with Crippen molar-refractivity contribution in [2.45, 2.75) is 44.2 Å². The number of piperidine rings is 1. The first kappa shape index (κ1) is 21.6. The van der Waals surface area contributed by atoms with E-state index in [4.69, 9.17) is 4.74 Å². The number of hydrogen-bond donors (Lipinski definition) is 1. The summed E-state index contributed by atoms with van der Waals surface area (Å²) in [6.45, 7) is 2.72. The van der Waals surface area contributed by atoms with Crippen LogP contribution in [0.15, 0.2) is 60.7 Å². The van der Waals surface area contributed by atoms with Gasteiger partial charge < -0.3 is 15.0 Å². The predicted octanol–water partition coefficient (Wildman–Crippen LogP) is 3.60. The van der Waals surface area contributed by atoms with Gasteiger partial charge in [-0.1, -0.05) is 67.1 Å². The maximum absolute atomic E-state index is 14.1. The summed E-state index contributed by atoms with van der Waals surface area (Å²) in [4.78, 5) is 29.1. The molecule has 1 heterocycles.